The molecule has 0 spiro atoms. The summed E-state index contributed by atoms with van der Waals surface area (Å²) < 4.78 is 0.794. The van der Waals surface area contributed by atoms with E-state index in [0.717, 1.165) is 49.4 Å². The fraction of sp³-hybridized carbons (Fsp3) is 0. The van der Waals surface area contributed by atoms with E-state index in [2.05, 4.69) is 59.7 Å². The van der Waals surface area contributed by atoms with E-state index in [0.29, 0.717) is 0 Å². The van der Waals surface area contributed by atoms with Gasteiger partial charge in [-0.25, -0.2) is 9.97 Å². The normalized spacial score (nSPS) is 11.8. The first-order chi connectivity index (χ1) is 15.6. The number of nitrogens with zero attached hydrogens (tertiary/aromatic N) is 2. The molecule has 159 valence electrons. The predicted octanol–water partition coefficient (Wildman–Crippen LogP) is 5.22. The van der Waals surface area contributed by atoms with Crippen LogP contribution in [0, 0.1) is 0 Å². The molecular formula is C26H19N4NiO. The Bertz CT molecular complexity index is 1300. The van der Waals surface area contributed by atoms with Crippen LogP contribution in [0.15, 0.2) is 72.8 Å². The number of H-pyrrole nitrogens is 2. The van der Waals surface area contributed by atoms with E-state index >= 15 is 0 Å². The molecule has 8 bridgehead atoms. The van der Waals surface area contributed by atoms with Crippen molar-refractivity contribution in [3.63, 3.8) is 0 Å². The number of aromatic nitrogens is 4. The quantitative estimate of drug-likeness (QED) is 0.271. The van der Waals surface area contributed by atoms with E-state index in [1.165, 1.54) is 0 Å². The summed E-state index contributed by atoms with van der Waals surface area (Å²) in [7, 11) is 0. The summed E-state index contributed by atoms with van der Waals surface area (Å²) in [5.41, 5.74) is 7.86. The van der Waals surface area contributed by atoms with Crippen LogP contribution in [0.3, 0.4) is 0 Å². The second-order valence-corrected chi connectivity index (χ2v) is 7.92. The molecule has 0 radical (unpaired) electrons. The van der Waals surface area contributed by atoms with Crippen LogP contribution in [0.1, 0.15) is 22.8 Å². The maximum atomic E-state index is 8.72. The molecule has 5 heterocycles. The van der Waals surface area contributed by atoms with Crippen LogP contribution in [-0.4, -0.2) is 25.0 Å². The first-order valence-electron chi connectivity index (χ1n) is 10.0. The summed E-state index contributed by atoms with van der Waals surface area (Å²) in [5.74, 6) is 0.269. The molecule has 0 saturated heterocycles. The van der Waals surface area contributed by atoms with Gasteiger partial charge in [-0.1, -0.05) is 0 Å². The summed E-state index contributed by atoms with van der Waals surface area (Å²) in [6.07, 6.45) is 8.09. The third kappa shape index (κ3) is 4.88. The number of rotatable bonds is 0. The Hall–Kier alpha value is -3.89. The fourth-order valence-corrected chi connectivity index (χ4v) is 3.54. The molecule has 5 nitrogen and oxygen atoms in total. The molecule has 0 fully saturated rings. The molecule has 1 aromatic carbocycles. The number of hydrogen-bond donors (Lipinski definition) is 3. The predicted molar refractivity (Wildman–Crippen MR) is 127 cm³/mol. The van der Waals surface area contributed by atoms with Crippen molar-refractivity contribution in [1.82, 2.24) is 19.9 Å². The van der Waals surface area contributed by atoms with E-state index in [9.17, 15) is 0 Å². The monoisotopic (exact) mass is 461 g/mol. The SMILES string of the molecule is C1=Cc2cc3ccc(cc4nc(cc5ccc(cc1n2)[nH]5)C=C4)[nH]3.Oc1cc[c]([Ni])cc1. The van der Waals surface area contributed by atoms with Crippen LogP contribution in [0.5, 0.6) is 5.75 Å². The van der Waals surface area contributed by atoms with Gasteiger partial charge in [0.1, 0.15) is 0 Å². The molecule has 6 heteroatoms. The van der Waals surface area contributed by atoms with Crippen LogP contribution in [0.25, 0.3) is 46.4 Å². The van der Waals surface area contributed by atoms with Crippen molar-refractivity contribution >= 4 is 50.9 Å². The Labute approximate surface area is 192 Å². The standard InChI is InChI=1S/C20H14N4.C6H5O.Ni/c1-2-14-10-16-5-6-18(23-16)12-20-8-7-19(24-20)11-17-4-3-15(22-17)9-13(1)21-14;7-6-4-2-1-3-5-6;/h1-12,21,24H;2-5,7H;. The molecule has 0 aliphatic carbocycles. The first-order valence-corrected chi connectivity index (χ1v) is 10.5. The van der Waals surface area contributed by atoms with Crippen molar-refractivity contribution in [3.8, 4) is 5.75 Å². The average Bonchev–Trinajstić information content (AvgIpc) is 3.57. The number of nitrogens with one attached hydrogen (secondary N) is 2. The number of hydrogen-bond acceptors (Lipinski definition) is 3. The Morgan fingerprint density at radius 1 is 0.531 bits per heavy atom. The van der Waals surface area contributed by atoms with Crippen molar-refractivity contribution in [2.45, 2.75) is 0 Å². The Morgan fingerprint density at radius 2 is 0.875 bits per heavy atom. The van der Waals surface area contributed by atoms with Gasteiger partial charge in [-0.05, 0) is 72.8 Å². The van der Waals surface area contributed by atoms with Gasteiger partial charge in [0.25, 0.3) is 0 Å². The summed E-state index contributed by atoms with van der Waals surface area (Å²) in [4.78, 5) is 16.0. The third-order valence-electron chi connectivity index (χ3n) is 4.85. The number of aromatic hydroxyl groups is 1. The van der Waals surface area contributed by atoms with Crippen LogP contribution in [-0.2, 0) is 15.5 Å². The summed E-state index contributed by atoms with van der Waals surface area (Å²) >= 11 is 4.48. The molecular weight excluding hydrogens is 443 g/mol. The average molecular weight is 462 g/mol. The second kappa shape index (κ2) is 8.69. The second-order valence-electron chi connectivity index (χ2n) is 7.35. The molecule has 3 N–H and O–H groups in total. The van der Waals surface area contributed by atoms with Gasteiger partial charge in [0.2, 0.25) is 0 Å². The number of phenolic OH excluding ortho intramolecular Hbond substituents is 1. The van der Waals surface area contributed by atoms with Gasteiger partial charge < -0.3 is 9.97 Å². The van der Waals surface area contributed by atoms with Crippen LogP contribution < -0.4 is 4.53 Å². The van der Waals surface area contributed by atoms with Crippen molar-refractivity contribution in [3.05, 3.63) is 95.6 Å². The van der Waals surface area contributed by atoms with Gasteiger partial charge in [0.05, 0.1) is 22.8 Å². The minimum atomic E-state index is 0.269. The van der Waals surface area contributed by atoms with Gasteiger partial charge >= 0.3 is 55.1 Å². The molecule has 0 atom stereocenters. The molecule has 2 aliphatic rings. The molecule has 4 aromatic rings. The number of phenols is 1. The van der Waals surface area contributed by atoms with Crippen LogP contribution >= 0.6 is 0 Å². The third-order valence-corrected chi connectivity index (χ3v) is 5.18. The van der Waals surface area contributed by atoms with Crippen molar-refractivity contribution in [2.24, 2.45) is 0 Å². The Kier molecular flexibility index (Phi) is 5.45. The van der Waals surface area contributed by atoms with E-state index < -0.39 is 0 Å². The van der Waals surface area contributed by atoms with Crippen LogP contribution in [0.4, 0.5) is 0 Å². The van der Waals surface area contributed by atoms with E-state index in [4.69, 9.17) is 5.11 Å². The van der Waals surface area contributed by atoms with E-state index in [1.54, 1.807) is 24.3 Å². The van der Waals surface area contributed by atoms with E-state index in [-0.39, 0.29) is 5.75 Å². The number of benzene rings is 1. The van der Waals surface area contributed by atoms with Gasteiger partial charge in [-0.2, -0.15) is 0 Å². The fourth-order valence-electron chi connectivity index (χ4n) is 3.37. The maximum absolute atomic E-state index is 8.72. The molecule has 2 aliphatic heterocycles. The zero-order valence-corrected chi connectivity index (χ0v) is 17.9. The van der Waals surface area contributed by atoms with Gasteiger partial charge in [-0.3, -0.25) is 0 Å². The Morgan fingerprint density at radius 3 is 1.19 bits per heavy atom. The zero-order valence-electron chi connectivity index (χ0n) is 16.9. The van der Waals surface area contributed by atoms with Gasteiger partial charge in [-0.15, -0.1) is 0 Å². The summed E-state index contributed by atoms with van der Waals surface area (Å²) in [6, 6.07) is 22.9. The Balaban J connectivity index is 0.000000230. The molecule has 3 aromatic heterocycles. The van der Waals surface area contributed by atoms with E-state index in [1.807, 2.05) is 48.6 Å². The molecule has 0 unspecified atom stereocenters. The van der Waals surface area contributed by atoms with Crippen LogP contribution in [0.2, 0.25) is 0 Å². The van der Waals surface area contributed by atoms with Crippen molar-refractivity contribution in [2.75, 3.05) is 0 Å². The topological polar surface area (TPSA) is 77.6 Å². The molecule has 6 rings (SSSR count). The molecule has 0 amide bonds. The van der Waals surface area contributed by atoms with Crippen molar-refractivity contribution in [1.29, 1.82) is 0 Å². The first kappa shape index (κ1) is 20.0. The zero-order chi connectivity index (χ0) is 21.9. The molecule has 32 heavy (non-hydrogen) atoms. The van der Waals surface area contributed by atoms with Gasteiger partial charge in [0.15, 0.2) is 0 Å². The summed E-state index contributed by atoms with van der Waals surface area (Å²) in [5, 5.41) is 8.72. The number of aromatic amines is 2. The molecule has 0 saturated carbocycles. The number of fused-ring (bicyclic) bond motifs is 8. The van der Waals surface area contributed by atoms with Gasteiger partial charge in [0, 0.05) is 22.1 Å². The summed E-state index contributed by atoms with van der Waals surface area (Å²) in [6.45, 7) is 0. The van der Waals surface area contributed by atoms with Crippen molar-refractivity contribution < 1.29 is 20.6 Å². The minimum absolute atomic E-state index is 0.269.